The smallest absolute Gasteiger partial charge is 0.221 e. The number of thiophene rings is 1. The van der Waals surface area contributed by atoms with E-state index in [0.717, 1.165) is 0 Å². The number of hydrogen-bond acceptors (Lipinski definition) is 2. The zero-order chi connectivity index (χ0) is 10.6. The fourth-order valence-electron chi connectivity index (χ4n) is 1.10. The number of amides is 1. The lowest BCUT2D eigenvalue weighted by Gasteiger charge is -2.00. The molecule has 1 aromatic heterocycles. The lowest BCUT2D eigenvalue weighted by Crippen LogP contribution is -2.22. The molecular formula is C10H14ClNOS. The van der Waals surface area contributed by atoms with Gasteiger partial charge in [0.25, 0.3) is 0 Å². The Balaban J connectivity index is 2.42. The van der Waals surface area contributed by atoms with E-state index < -0.39 is 0 Å². The van der Waals surface area contributed by atoms with E-state index in [0.29, 0.717) is 18.8 Å². The number of nitrogens with one attached hydrogen (secondary N) is 1. The summed E-state index contributed by atoms with van der Waals surface area (Å²) in [7, 11) is 0. The summed E-state index contributed by atoms with van der Waals surface area (Å²) in [5.74, 6) is 0.401. The number of alkyl halides is 1. The van der Waals surface area contributed by atoms with Crippen molar-refractivity contribution in [2.75, 3.05) is 5.88 Å². The second-order valence-electron chi connectivity index (χ2n) is 3.17. The fraction of sp³-hybridized carbons (Fsp3) is 0.500. The van der Waals surface area contributed by atoms with Crippen molar-refractivity contribution in [3.63, 3.8) is 0 Å². The lowest BCUT2D eigenvalue weighted by molar-refractivity contribution is -0.120. The predicted molar refractivity (Wildman–Crippen MR) is 61.0 cm³/mol. The summed E-state index contributed by atoms with van der Waals surface area (Å²) >= 11 is 7.18. The molecule has 1 amide bonds. The van der Waals surface area contributed by atoms with Crippen molar-refractivity contribution in [2.45, 2.75) is 26.8 Å². The van der Waals surface area contributed by atoms with Gasteiger partial charge in [0, 0.05) is 22.1 Å². The van der Waals surface area contributed by atoms with Crippen LogP contribution in [0.1, 0.15) is 21.7 Å². The normalized spacial score (nSPS) is 10.2. The third kappa shape index (κ3) is 3.31. The van der Waals surface area contributed by atoms with Gasteiger partial charge in [-0.05, 0) is 25.5 Å². The van der Waals surface area contributed by atoms with Gasteiger partial charge in [-0.3, -0.25) is 4.79 Å². The molecule has 0 aromatic carbocycles. The number of rotatable bonds is 4. The van der Waals surface area contributed by atoms with Crippen LogP contribution < -0.4 is 5.32 Å². The van der Waals surface area contributed by atoms with Gasteiger partial charge in [0.15, 0.2) is 0 Å². The van der Waals surface area contributed by atoms with Crippen molar-refractivity contribution in [3.05, 3.63) is 21.4 Å². The zero-order valence-corrected chi connectivity index (χ0v) is 9.97. The molecule has 0 radical (unpaired) electrons. The van der Waals surface area contributed by atoms with Crippen LogP contribution in [0.15, 0.2) is 6.07 Å². The summed E-state index contributed by atoms with van der Waals surface area (Å²) in [5.41, 5.74) is 1.29. The molecular weight excluding hydrogens is 218 g/mol. The van der Waals surface area contributed by atoms with Gasteiger partial charge < -0.3 is 5.32 Å². The largest absolute Gasteiger partial charge is 0.351 e. The van der Waals surface area contributed by atoms with Gasteiger partial charge >= 0.3 is 0 Å². The van der Waals surface area contributed by atoms with Gasteiger partial charge in [-0.15, -0.1) is 22.9 Å². The monoisotopic (exact) mass is 231 g/mol. The first-order valence-electron chi connectivity index (χ1n) is 4.52. The first kappa shape index (κ1) is 11.5. The average molecular weight is 232 g/mol. The van der Waals surface area contributed by atoms with Crippen LogP contribution in [0, 0.1) is 13.8 Å². The van der Waals surface area contributed by atoms with Gasteiger partial charge in [0.2, 0.25) is 5.91 Å². The van der Waals surface area contributed by atoms with Crippen LogP contribution in [0.2, 0.25) is 0 Å². The van der Waals surface area contributed by atoms with Crippen LogP contribution in [-0.4, -0.2) is 11.8 Å². The van der Waals surface area contributed by atoms with Crippen LogP contribution >= 0.6 is 22.9 Å². The summed E-state index contributed by atoms with van der Waals surface area (Å²) in [6.07, 6.45) is 0.394. The lowest BCUT2D eigenvalue weighted by atomic mass is 10.3. The highest BCUT2D eigenvalue weighted by molar-refractivity contribution is 7.12. The number of halogens is 1. The second kappa shape index (κ2) is 5.37. The number of hydrogen-bond donors (Lipinski definition) is 1. The van der Waals surface area contributed by atoms with Crippen LogP contribution in [0.3, 0.4) is 0 Å². The molecule has 0 atom stereocenters. The molecule has 0 saturated carbocycles. The minimum absolute atomic E-state index is 0.0173. The quantitative estimate of drug-likeness (QED) is 0.794. The molecule has 0 unspecified atom stereocenters. The number of aryl methyl sites for hydroxylation is 2. The fourth-order valence-corrected chi connectivity index (χ4v) is 2.26. The summed E-state index contributed by atoms with van der Waals surface area (Å²) in [5, 5.41) is 2.83. The van der Waals surface area contributed by atoms with E-state index in [1.807, 2.05) is 0 Å². The Morgan fingerprint density at radius 1 is 1.57 bits per heavy atom. The maximum absolute atomic E-state index is 11.1. The van der Waals surface area contributed by atoms with Gasteiger partial charge in [-0.25, -0.2) is 0 Å². The molecule has 0 bridgehead atoms. The topological polar surface area (TPSA) is 29.1 Å². The molecule has 0 aliphatic heterocycles. The molecule has 0 spiro atoms. The van der Waals surface area contributed by atoms with Crippen molar-refractivity contribution in [3.8, 4) is 0 Å². The summed E-state index contributed by atoms with van der Waals surface area (Å²) < 4.78 is 0. The number of carbonyl (C=O) groups excluding carboxylic acids is 1. The molecule has 1 N–H and O–H groups in total. The van der Waals surface area contributed by atoms with Crippen molar-refractivity contribution in [1.82, 2.24) is 5.32 Å². The van der Waals surface area contributed by atoms with Crippen LogP contribution in [0.5, 0.6) is 0 Å². The van der Waals surface area contributed by atoms with Crippen molar-refractivity contribution >= 4 is 28.8 Å². The van der Waals surface area contributed by atoms with E-state index in [1.54, 1.807) is 11.3 Å². The molecule has 0 aliphatic rings. The molecule has 0 aliphatic carbocycles. The Bertz CT molecular complexity index is 302. The van der Waals surface area contributed by atoms with Crippen LogP contribution in [0.25, 0.3) is 0 Å². The van der Waals surface area contributed by atoms with Crippen LogP contribution in [-0.2, 0) is 11.3 Å². The standard InChI is InChI=1S/C10H14ClNOS/c1-7-5-9(14-8(7)2)6-12-10(13)3-4-11/h5H,3-4,6H2,1-2H3,(H,12,13). The van der Waals surface area contributed by atoms with Gasteiger partial charge in [0.05, 0.1) is 6.54 Å². The molecule has 0 fully saturated rings. The summed E-state index contributed by atoms with van der Waals surface area (Å²) in [6, 6.07) is 2.11. The second-order valence-corrected chi connectivity index (χ2v) is 4.89. The Labute approximate surface area is 93.3 Å². The van der Waals surface area contributed by atoms with Gasteiger partial charge in [0.1, 0.15) is 0 Å². The third-order valence-corrected chi connectivity index (χ3v) is 3.34. The van der Waals surface area contributed by atoms with E-state index in [4.69, 9.17) is 11.6 Å². The molecule has 1 rings (SSSR count). The first-order valence-corrected chi connectivity index (χ1v) is 5.87. The Kier molecular flexibility index (Phi) is 4.42. The van der Waals surface area contributed by atoms with Crippen molar-refractivity contribution in [2.24, 2.45) is 0 Å². The van der Waals surface area contributed by atoms with E-state index in [1.165, 1.54) is 15.3 Å². The van der Waals surface area contributed by atoms with E-state index in [-0.39, 0.29) is 5.91 Å². The summed E-state index contributed by atoms with van der Waals surface area (Å²) in [6.45, 7) is 4.79. The van der Waals surface area contributed by atoms with Crippen molar-refractivity contribution in [1.29, 1.82) is 0 Å². The predicted octanol–water partition coefficient (Wildman–Crippen LogP) is 2.61. The first-order chi connectivity index (χ1) is 6.63. The Morgan fingerprint density at radius 3 is 2.79 bits per heavy atom. The minimum atomic E-state index is 0.0173. The molecule has 1 aromatic rings. The van der Waals surface area contributed by atoms with Crippen molar-refractivity contribution < 1.29 is 4.79 Å². The minimum Gasteiger partial charge on any atom is -0.351 e. The highest BCUT2D eigenvalue weighted by Crippen LogP contribution is 2.20. The van der Waals surface area contributed by atoms with Crippen LogP contribution in [0.4, 0.5) is 0 Å². The zero-order valence-electron chi connectivity index (χ0n) is 8.39. The number of carbonyl (C=O) groups is 1. The highest BCUT2D eigenvalue weighted by Gasteiger charge is 2.03. The summed E-state index contributed by atoms with van der Waals surface area (Å²) in [4.78, 5) is 13.6. The highest BCUT2D eigenvalue weighted by atomic mass is 35.5. The SMILES string of the molecule is Cc1cc(CNC(=O)CCCl)sc1C. The van der Waals surface area contributed by atoms with Gasteiger partial charge in [-0.1, -0.05) is 0 Å². The maximum Gasteiger partial charge on any atom is 0.221 e. The van der Waals surface area contributed by atoms with E-state index in [9.17, 15) is 4.79 Å². The van der Waals surface area contributed by atoms with E-state index in [2.05, 4.69) is 25.2 Å². The average Bonchev–Trinajstić information content (AvgIpc) is 2.44. The molecule has 14 heavy (non-hydrogen) atoms. The molecule has 2 nitrogen and oxygen atoms in total. The molecule has 4 heteroatoms. The molecule has 1 heterocycles. The van der Waals surface area contributed by atoms with Gasteiger partial charge in [-0.2, -0.15) is 0 Å². The molecule has 78 valence electrons. The third-order valence-electron chi connectivity index (χ3n) is 2.00. The molecule has 0 saturated heterocycles. The Hall–Kier alpha value is -0.540. The maximum atomic E-state index is 11.1. The van der Waals surface area contributed by atoms with E-state index >= 15 is 0 Å². The Morgan fingerprint density at radius 2 is 2.29 bits per heavy atom.